The number of aromatic nitrogens is 1. The van der Waals surface area contributed by atoms with Crippen molar-refractivity contribution in [2.24, 2.45) is 0 Å². The maximum atomic E-state index is 13.0. The van der Waals surface area contributed by atoms with E-state index in [2.05, 4.69) is 9.72 Å². The number of nitrogens with zero attached hydrogens (tertiary/aromatic N) is 3. The number of methoxy groups -OCH3 is 1. The predicted octanol–water partition coefficient (Wildman–Crippen LogP) is 3.94. The summed E-state index contributed by atoms with van der Waals surface area (Å²) >= 11 is 1.26. The van der Waals surface area contributed by atoms with Gasteiger partial charge < -0.3 is 19.3 Å². The van der Waals surface area contributed by atoms with E-state index in [0.29, 0.717) is 41.5 Å². The normalized spacial score (nSPS) is 14.5. The van der Waals surface area contributed by atoms with E-state index in [4.69, 9.17) is 4.74 Å². The van der Waals surface area contributed by atoms with Crippen LogP contribution < -0.4 is 9.64 Å². The van der Waals surface area contributed by atoms with Gasteiger partial charge in [-0.1, -0.05) is 23.5 Å². The molecule has 1 saturated heterocycles. The van der Waals surface area contributed by atoms with Crippen molar-refractivity contribution in [2.45, 2.75) is 6.36 Å². The molecule has 2 heterocycles. The molecule has 2 aromatic carbocycles. The molecule has 1 aliphatic rings. The van der Waals surface area contributed by atoms with Gasteiger partial charge in [-0.05, 0) is 24.3 Å². The van der Waals surface area contributed by atoms with Gasteiger partial charge in [0.2, 0.25) is 0 Å². The van der Waals surface area contributed by atoms with E-state index >= 15 is 0 Å². The monoisotopic (exact) mass is 465 g/mol. The number of fused-ring (bicyclic) bond motifs is 1. The zero-order chi connectivity index (χ0) is 22.9. The molecule has 0 bridgehead atoms. The smallest absolute Gasteiger partial charge is 0.465 e. The van der Waals surface area contributed by atoms with Gasteiger partial charge in [0, 0.05) is 32.2 Å². The van der Waals surface area contributed by atoms with Crippen molar-refractivity contribution in [3.63, 3.8) is 0 Å². The first-order valence-corrected chi connectivity index (χ1v) is 10.4. The number of hydrogen-bond donors (Lipinski definition) is 0. The fourth-order valence-corrected chi connectivity index (χ4v) is 4.50. The highest BCUT2D eigenvalue weighted by molar-refractivity contribution is 7.22. The summed E-state index contributed by atoms with van der Waals surface area (Å²) in [6.07, 6.45) is -4.75. The number of amides is 1. The second-order valence-electron chi connectivity index (χ2n) is 6.99. The molecule has 0 saturated carbocycles. The van der Waals surface area contributed by atoms with E-state index in [1.807, 2.05) is 4.90 Å². The highest BCUT2D eigenvalue weighted by Gasteiger charge is 2.31. The molecule has 4 rings (SSSR count). The predicted molar refractivity (Wildman–Crippen MR) is 112 cm³/mol. The van der Waals surface area contributed by atoms with Gasteiger partial charge in [-0.15, -0.1) is 13.2 Å². The number of rotatable bonds is 4. The average Bonchev–Trinajstić information content (AvgIpc) is 3.20. The molecule has 1 amide bonds. The molecule has 3 aromatic rings. The summed E-state index contributed by atoms with van der Waals surface area (Å²) in [4.78, 5) is 33.0. The molecule has 1 aliphatic heterocycles. The van der Waals surface area contributed by atoms with Gasteiger partial charge in [0.05, 0.1) is 28.5 Å². The van der Waals surface area contributed by atoms with Crippen LogP contribution in [0.4, 0.5) is 18.3 Å². The number of esters is 1. The van der Waals surface area contributed by atoms with Gasteiger partial charge in [0.1, 0.15) is 5.75 Å². The van der Waals surface area contributed by atoms with Crippen molar-refractivity contribution < 1.29 is 32.2 Å². The topological polar surface area (TPSA) is 72.0 Å². The zero-order valence-corrected chi connectivity index (χ0v) is 17.7. The molecular formula is C21H18F3N3O4S. The van der Waals surface area contributed by atoms with Crippen LogP contribution in [-0.4, -0.2) is 61.4 Å². The van der Waals surface area contributed by atoms with E-state index in [1.165, 1.54) is 36.6 Å². The van der Waals surface area contributed by atoms with Crippen LogP contribution in [-0.2, 0) is 4.74 Å². The highest BCUT2D eigenvalue weighted by Crippen LogP contribution is 2.33. The van der Waals surface area contributed by atoms with Gasteiger partial charge in [0.15, 0.2) is 5.13 Å². The lowest BCUT2D eigenvalue weighted by molar-refractivity contribution is -0.274. The summed E-state index contributed by atoms with van der Waals surface area (Å²) in [6.45, 7) is 1.81. The fraction of sp³-hybridized carbons (Fsp3) is 0.286. The lowest BCUT2D eigenvalue weighted by Gasteiger charge is -2.34. The average molecular weight is 465 g/mol. The first-order valence-electron chi connectivity index (χ1n) is 9.63. The Labute approximate surface area is 185 Å². The molecule has 0 spiro atoms. The Morgan fingerprint density at radius 1 is 1.03 bits per heavy atom. The van der Waals surface area contributed by atoms with Crippen LogP contribution in [0.2, 0.25) is 0 Å². The number of thiazole rings is 1. The lowest BCUT2D eigenvalue weighted by atomic mass is 10.1. The number of piperazine rings is 1. The number of ether oxygens (including phenoxy) is 2. The van der Waals surface area contributed by atoms with Crippen LogP contribution in [0.5, 0.6) is 5.75 Å². The van der Waals surface area contributed by atoms with Crippen LogP contribution in [0, 0.1) is 0 Å². The van der Waals surface area contributed by atoms with Crippen molar-refractivity contribution in [1.29, 1.82) is 0 Å². The second-order valence-corrected chi connectivity index (χ2v) is 8.00. The largest absolute Gasteiger partial charge is 0.573 e. The van der Waals surface area contributed by atoms with Crippen LogP contribution in [0.1, 0.15) is 20.7 Å². The summed E-state index contributed by atoms with van der Waals surface area (Å²) in [7, 11) is 1.26. The molecule has 0 N–H and O–H groups in total. The van der Waals surface area contributed by atoms with E-state index in [-0.39, 0.29) is 22.8 Å². The molecule has 32 heavy (non-hydrogen) atoms. The fourth-order valence-electron chi connectivity index (χ4n) is 3.45. The van der Waals surface area contributed by atoms with Gasteiger partial charge in [0.25, 0.3) is 5.91 Å². The van der Waals surface area contributed by atoms with Crippen molar-refractivity contribution in [1.82, 2.24) is 9.88 Å². The Hall–Kier alpha value is -3.34. The van der Waals surface area contributed by atoms with E-state index in [0.717, 1.165) is 0 Å². The molecule has 0 unspecified atom stereocenters. The van der Waals surface area contributed by atoms with Crippen LogP contribution in [0.25, 0.3) is 10.2 Å². The number of hydrogen-bond acceptors (Lipinski definition) is 7. The summed E-state index contributed by atoms with van der Waals surface area (Å²) in [6, 6.07) is 10.5. The van der Waals surface area contributed by atoms with Gasteiger partial charge in [-0.25, -0.2) is 9.78 Å². The number of anilines is 1. The van der Waals surface area contributed by atoms with Crippen LogP contribution in [0.3, 0.4) is 0 Å². The highest BCUT2D eigenvalue weighted by atomic mass is 32.1. The maximum absolute atomic E-state index is 13.0. The minimum Gasteiger partial charge on any atom is -0.465 e. The van der Waals surface area contributed by atoms with E-state index < -0.39 is 12.3 Å². The number of carbonyl (C=O) groups is 2. The Balaban J connectivity index is 1.45. The van der Waals surface area contributed by atoms with Crippen molar-refractivity contribution in [2.75, 3.05) is 38.2 Å². The first kappa shape index (κ1) is 21.9. The van der Waals surface area contributed by atoms with Crippen molar-refractivity contribution in [3.8, 4) is 5.75 Å². The van der Waals surface area contributed by atoms with Gasteiger partial charge in [-0.3, -0.25) is 4.79 Å². The molecule has 1 aromatic heterocycles. The second kappa shape index (κ2) is 8.65. The number of carbonyl (C=O) groups excluding carboxylic acids is 2. The number of benzene rings is 2. The van der Waals surface area contributed by atoms with E-state index in [1.54, 1.807) is 29.2 Å². The standard InChI is InChI=1S/C21H18F3N3O4S/c1-30-19(29)15-5-3-2-4-14(15)18(28)26-8-10-27(11-9-26)20-25-16-7-6-13(12-17(16)32-20)31-21(22,23)24/h2-7,12H,8-11H2,1H3. The SMILES string of the molecule is COC(=O)c1ccccc1C(=O)N1CCN(c2nc3ccc(OC(F)(F)F)cc3s2)CC1. The Kier molecular flexibility index (Phi) is 5.92. The van der Waals surface area contributed by atoms with Gasteiger partial charge >= 0.3 is 12.3 Å². The van der Waals surface area contributed by atoms with Crippen molar-refractivity contribution >= 4 is 38.6 Å². The van der Waals surface area contributed by atoms with Crippen LogP contribution in [0.15, 0.2) is 42.5 Å². The molecule has 11 heteroatoms. The number of halogens is 3. The minimum absolute atomic E-state index is 0.213. The van der Waals surface area contributed by atoms with Gasteiger partial charge in [-0.2, -0.15) is 0 Å². The maximum Gasteiger partial charge on any atom is 0.573 e. The van der Waals surface area contributed by atoms with Crippen LogP contribution >= 0.6 is 11.3 Å². The minimum atomic E-state index is -4.75. The summed E-state index contributed by atoms with van der Waals surface area (Å²) in [5.41, 5.74) is 1.07. The molecule has 0 atom stereocenters. The third-order valence-corrected chi connectivity index (χ3v) is 6.06. The Morgan fingerprint density at radius 3 is 2.38 bits per heavy atom. The number of alkyl halides is 3. The molecule has 7 nitrogen and oxygen atoms in total. The summed E-state index contributed by atoms with van der Waals surface area (Å²) in [5, 5.41) is 0.659. The molecular weight excluding hydrogens is 447 g/mol. The molecule has 0 radical (unpaired) electrons. The van der Waals surface area contributed by atoms with Crippen molar-refractivity contribution in [3.05, 3.63) is 53.6 Å². The zero-order valence-electron chi connectivity index (χ0n) is 16.9. The summed E-state index contributed by atoms with van der Waals surface area (Å²) in [5.74, 6) is -1.13. The lowest BCUT2D eigenvalue weighted by Crippen LogP contribution is -2.49. The quantitative estimate of drug-likeness (QED) is 0.544. The summed E-state index contributed by atoms with van der Waals surface area (Å²) < 4.78 is 46.7. The molecule has 1 fully saturated rings. The Bertz CT molecular complexity index is 1160. The van der Waals surface area contributed by atoms with E-state index in [9.17, 15) is 22.8 Å². The Morgan fingerprint density at radius 2 is 1.72 bits per heavy atom. The third-order valence-electron chi connectivity index (χ3n) is 4.98. The first-order chi connectivity index (χ1) is 15.2. The molecule has 168 valence electrons. The molecule has 0 aliphatic carbocycles. The third kappa shape index (κ3) is 4.62.